The van der Waals surface area contributed by atoms with Gasteiger partial charge in [-0.15, -0.1) is 22.7 Å². The van der Waals surface area contributed by atoms with E-state index in [-0.39, 0.29) is 17.5 Å². The number of carbonyl (C=O) groups is 1. The molecule has 7 heteroatoms. The van der Waals surface area contributed by atoms with Crippen molar-refractivity contribution >= 4 is 39.6 Å². The number of nitrogens with zero attached hydrogens (tertiary/aromatic N) is 3. The summed E-state index contributed by atoms with van der Waals surface area (Å²) in [6.45, 7) is 4.92. The van der Waals surface area contributed by atoms with E-state index < -0.39 is 0 Å². The summed E-state index contributed by atoms with van der Waals surface area (Å²) < 4.78 is 1.71. The number of hydrogen-bond acceptors (Lipinski definition) is 5. The molecule has 0 spiro atoms. The molecule has 4 aromatic rings. The molecule has 5 rings (SSSR count). The van der Waals surface area contributed by atoms with E-state index in [4.69, 9.17) is 0 Å². The summed E-state index contributed by atoms with van der Waals surface area (Å²) in [6.07, 6.45) is 0.876. The van der Waals surface area contributed by atoms with Gasteiger partial charge in [0.15, 0.2) is 0 Å². The molecule has 4 heterocycles. The standard InChI is InChI=1S/C23H21N3O2S2/c1-3-25-18-7-6-15(13-17(18)24-14(2)22(25)27)23(28)26-10-8-19-16(9-12-30-19)21(26)20-5-4-11-29-20/h4-7,9,11-13,21H,3,8,10H2,1-2H3/t21-/m0/s1. The number of thiophene rings is 2. The lowest BCUT2D eigenvalue weighted by molar-refractivity contribution is 0.0699. The summed E-state index contributed by atoms with van der Waals surface area (Å²) in [7, 11) is 0. The van der Waals surface area contributed by atoms with Crippen LogP contribution < -0.4 is 5.56 Å². The Kier molecular flexibility index (Phi) is 4.79. The van der Waals surface area contributed by atoms with Gasteiger partial charge >= 0.3 is 0 Å². The highest BCUT2D eigenvalue weighted by Gasteiger charge is 2.34. The lowest BCUT2D eigenvalue weighted by atomic mass is 9.97. The number of rotatable bonds is 3. The van der Waals surface area contributed by atoms with Gasteiger partial charge in [0.25, 0.3) is 11.5 Å². The molecule has 0 N–H and O–H groups in total. The molecule has 1 aliphatic rings. The summed E-state index contributed by atoms with van der Waals surface area (Å²) in [6, 6.07) is 11.7. The maximum Gasteiger partial charge on any atom is 0.272 e. The lowest BCUT2D eigenvalue weighted by Gasteiger charge is -2.35. The first-order chi connectivity index (χ1) is 14.6. The van der Waals surface area contributed by atoms with E-state index in [0.717, 1.165) is 11.9 Å². The van der Waals surface area contributed by atoms with E-state index in [1.165, 1.54) is 15.3 Å². The highest BCUT2D eigenvalue weighted by atomic mass is 32.1. The van der Waals surface area contributed by atoms with Gasteiger partial charge in [-0.3, -0.25) is 9.59 Å². The van der Waals surface area contributed by atoms with Crippen LogP contribution in [0.3, 0.4) is 0 Å². The van der Waals surface area contributed by atoms with Gasteiger partial charge in [0.1, 0.15) is 5.69 Å². The molecule has 1 amide bonds. The van der Waals surface area contributed by atoms with Gasteiger partial charge in [0, 0.05) is 28.4 Å². The highest BCUT2D eigenvalue weighted by Crippen LogP contribution is 2.40. The Hall–Kier alpha value is -2.77. The first kappa shape index (κ1) is 19.2. The van der Waals surface area contributed by atoms with E-state index in [1.807, 2.05) is 36.1 Å². The molecule has 1 aromatic carbocycles. The number of benzene rings is 1. The fraction of sp³-hybridized carbons (Fsp3) is 0.261. The third-order valence-corrected chi connectivity index (χ3v) is 7.63. The molecule has 3 aromatic heterocycles. The van der Waals surface area contributed by atoms with Crippen LogP contribution >= 0.6 is 22.7 Å². The zero-order valence-electron chi connectivity index (χ0n) is 16.8. The van der Waals surface area contributed by atoms with Gasteiger partial charge in [0.05, 0.1) is 17.1 Å². The van der Waals surface area contributed by atoms with E-state index in [2.05, 4.69) is 27.9 Å². The van der Waals surface area contributed by atoms with Gasteiger partial charge in [-0.05, 0) is 66.9 Å². The first-order valence-electron chi connectivity index (χ1n) is 10.00. The van der Waals surface area contributed by atoms with Gasteiger partial charge in [-0.2, -0.15) is 0 Å². The molecule has 0 radical (unpaired) electrons. The van der Waals surface area contributed by atoms with Crippen LogP contribution in [0.4, 0.5) is 0 Å². The number of hydrogen-bond donors (Lipinski definition) is 0. The van der Waals surface area contributed by atoms with Crippen molar-refractivity contribution in [2.24, 2.45) is 0 Å². The Labute approximate surface area is 182 Å². The molecule has 0 aliphatic carbocycles. The highest BCUT2D eigenvalue weighted by molar-refractivity contribution is 7.10. The van der Waals surface area contributed by atoms with Crippen molar-refractivity contribution < 1.29 is 4.79 Å². The van der Waals surface area contributed by atoms with Crippen molar-refractivity contribution in [3.05, 3.63) is 84.1 Å². The third kappa shape index (κ3) is 3.00. The maximum atomic E-state index is 13.6. The molecular formula is C23H21N3O2S2. The van der Waals surface area contributed by atoms with Gasteiger partial charge in [-0.25, -0.2) is 4.98 Å². The second-order valence-electron chi connectivity index (χ2n) is 7.42. The Morgan fingerprint density at radius 3 is 2.83 bits per heavy atom. The zero-order valence-corrected chi connectivity index (χ0v) is 18.4. The van der Waals surface area contributed by atoms with E-state index in [0.29, 0.717) is 29.9 Å². The van der Waals surface area contributed by atoms with Gasteiger partial charge in [0.2, 0.25) is 0 Å². The summed E-state index contributed by atoms with van der Waals surface area (Å²) in [5.74, 6) is 0.000788. The van der Waals surface area contributed by atoms with Crippen molar-refractivity contribution in [3.8, 4) is 0 Å². The molecule has 30 heavy (non-hydrogen) atoms. The quantitative estimate of drug-likeness (QED) is 0.471. The first-order valence-corrected chi connectivity index (χ1v) is 11.8. The Morgan fingerprint density at radius 2 is 2.07 bits per heavy atom. The van der Waals surface area contributed by atoms with Crippen molar-refractivity contribution in [2.45, 2.75) is 32.9 Å². The minimum Gasteiger partial charge on any atom is -0.326 e. The smallest absolute Gasteiger partial charge is 0.272 e. The summed E-state index contributed by atoms with van der Waals surface area (Å²) in [4.78, 5) is 35.0. The average Bonchev–Trinajstić information content (AvgIpc) is 3.45. The second kappa shape index (κ2) is 7.49. The number of aromatic nitrogens is 2. The minimum absolute atomic E-state index is 0.000788. The molecular weight excluding hydrogens is 414 g/mol. The fourth-order valence-corrected chi connectivity index (χ4v) is 6.03. The monoisotopic (exact) mass is 435 g/mol. The molecule has 0 saturated carbocycles. The Balaban J connectivity index is 1.59. The second-order valence-corrected chi connectivity index (χ2v) is 9.40. The SMILES string of the molecule is CCn1c(=O)c(C)nc2cc(C(=O)N3CCc4sccc4[C@H]3c3cccs3)ccc21. The fourth-order valence-electron chi connectivity index (χ4n) is 4.28. The van der Waals surface area contributed by atoms with Crippen LogP contribution in [-0.4, -0.2) is 26.9 Å². The topological polar surface area (TPSA) is 55.2 Å². The average molecular weight is 436 g/mol. The van der Waals surface area contributed by atoms with Crippen LogP contribution in [0.2, 0.25) is 0 Å². The molecule has 0 fully saturated rings. The summed E-state index contributed by atoms with van der Waals surface area (Å²) >= 11 is 3.45. The van der Waals surface area contributed by atoms with Crippen LogP contribution in [0.5, 0.6) is 0 Å². The van der Waals surface area contributed by atoms with E-state index in [1.54, 1.807) is 34.2 Å². The number of amides is 1. The van der Waals surface area contributed by atoms with E-state index >= 15 is 0 Å². The molecule has 0 saturated heterocycles. The zero-order chi connectivity index (χ0) is 20.8. The largest absolute Gasteiger partial charge is 0.326 e. The maximum absolute atomic E-state index is 13.6. The predicted octanol–water partition coefficient (Wildman–Crippen LogP) is 4.64. The van der Waals surface area contributed by atoms with Crippen LogP contribution in [0.15, 0.2) is 52.0 Å². The Bertz CT molecular complexity index is 1300. The normalized spacial score (nSPS) is 16.1. The van der Waals surface area contributed by atoms with Crippen molar-refractivity contribution in [2.75, 3.05) is 6.54 Å². The van der Waals surface area contributed by atoms with Gasteiger partial charge < -0.3 is 9.47 Å². The minimum atomic E-state index is -0.0807. The van der Waals surface area contributed by atoms with Crippen LogP contribution in [-0.2, 0) is 13.0 Å². The van der Waals surface area contributed by atoms with E-state index in [9.17, 15) is 9.59 Å². The Morgan fingerprint density at radius 1 is 1.20 bits per heavy atom. The predicted molar refractivity (Wildman–Crippen MR) is 122 cm³/mol. The van der Waals surface area contributed by atoms with Crippen molar-refractivity contribution in [3.63, 3.8) is 0 Å². The number of aryl methyl sites for hydroxylation is 2. The van der Waals surface area contributed by atoms with Crippen LogP contribution in [0.25, 0.3) is 11.0 Å². The number of carbonyl (C=O) groups excluding carboxylic acids is 1. The van der Waals surface area contributed by atoms with Gasteiger partial charge in [-0.1, -0.05) is 6.07 Å². The number of fused-ring (bicyclic) bond motifs is 2. The molecule has 152 valence electrons. The summed E-state index contributed by atoms with van der Waals surface area (Å²) in [5, 5.41) is 4.18. The molecule has 0 unspecified atom stereocenters. The third-order valence-electron chi connectivity index (χ3n) is 5.71. The molecule has 1 atom stereocenters. The summed E-state index contributed by atoms with van der Waals surface area (Å²) in [5.41, 5.74) is 3.65. The van der Waals surface area contributed by atoms with Crippen LogP contribution in [0.1, 0.15) is 44.3 Å². The lowest BCUT2D eigenvalue weighted by Crippen LogP contribution is -2.39. The molecule has 5 nitrogen and oxygen atoms in total. The molecule has 1 aliphatic heterocycles. The molecule has 0 bridgehead atoms. The van der Waals surface area contributed by atoms with Crippen LogP contribution in [0, 0.1) is 6.92 Å². The van der Waals surface area contributed by atoms with Crippen molar-refractivity contribution in [1.29, 1.82) is 0 Å². The van der Waals surface area contributed by atoms with Crippen molar-refractivity contribution in [1.82, 2.24) is 14.5 Å².